The molecule has 1 aliphatic heterocycles. The third-order valence-corrected chi connectivity index (χ3v) is 6.23. The van der Waals surface area contributed by atoms with Gasteiger partial charge in [0.15, 0.2) is 5.96 Å². The molecular formula is C19H33IN4O2S. The van der Waals surface area contributed by atoms with Crippen LogP contribution < -0.4 is 10.6 Å². The number of aliphatic imine (C=N–C) groups is 1. The van der Waals surface area contributed by atoms with E-state index in [2.05, 4.69) is 29.5 Å². The highest BCUT2D eigenvalue weighted by molar-refractivity contribution is 14.0. The van der Waals surface area contributed by atoms with E-state index in [4.69, 9.17) is 0 Å². The highest BCUT2D eigenvalue weighted by Gasteiger charge is 2.25. The van der Waals surface area contributed by atoms with Crippen LogP contribution in [0.1, 0.15) is 45.6 Å². The van der Waals surface area contributed by atoms with E-state index in [1.165, 1.54) is 0 Å². The van der Waals surface area contributed by atoms with Crippen molar-refractivity contribution < 1.29 is 8.42 Å². The minimum Gasteiger partial charge on any atom is -0.357 e. The van der Waals surface area contributed by atoms with Crippen molar-refractivity contribution in [1.29, 1.82) is 0 Å². The highest BCUT2D eigenvalue weighted by atomic mass is 127. The van der Waals surface area contributed by atoms with Crippen LogP contribution in [0.2, 0.25) is 0 Å². The lowest BCUT2D eigenvalue weighted by Crippen LogP contribution is -2.39. The van der Waals surface area contributed by atoms with E-state index < -0.39 is 10.0 Å². The molecule has 0 bridgehead atoms. The summed E-state index contributed by atoms with van der Waals surface area (Å²) in [4.78, 5) is 4.94. The van der Waals surface area contributed by atoms with Crippen LogP contribution in [0, 0.1) is 5.92 Å². The molecule has 2 rings (SSSR count). The van der Waals surface area contributed by atoms with Crippen molar-refractivity contribution >= 4 is 40.0 Å². The van der Waals surface area contributed by atoms with Crippen molar-refractivity contribution in [2.75, 3.05) is 26.2 Å². The molecule has 0 aliphatic carbocycles. The number of hydrogen-bond donors (Lipinski definition) is 2. The number of rotatable bonds is 7. The maximum Gasteiger partial charge on any atom is 0.243 e. The lowest BCUT2D eigenvalue weighted by atomic mass is 10.2. The Labute approximate surface area is 181 Å². The Hall–Kier alpha value is -0.870. The van der Waals surface area contributed by atoms with Gasteiger partial charge in [-0.15, -0.1) is 24.0 Å². The molecule has 1 fully saturated rings. The number of halogens is 1. The molecule has 1 saturated heterocycles. The van der Waals surface area contributed by atoms with Crippen LogP contribution in [0.15, 0.2) is 34.2 Å². The van der Waals surface area contributed by atoms with Gasteiger partial charge in [-0.2, -0.15) is 4.31 Å². The predicted octanol–water partition coefficient (Wildman–Crippen LogP) is 3.19. The van der Waals surface area contributed by atoms with Crippen molar-refractivity contribution in [1.82, 2.24) is 14.9 Å². The first-order chi connectivity index (χ1) is 12.4. The van der Waals surface area contributed by atoms with Crippen LogP contribution in [0.25, 0.3) is 0 Å². The fourth-order valence-electron chi connectivity index (χ4n) is 2.83. The molecule has 154 valence electrons. The number of piperidine rings is 1. The monoisotopic (exact) mass is 508 g/mol. The molecule has 0 radical (unpaired) electrons. The molecule has 0 spiro atoms. The van der Waals surface area contributed by atoms with E-state index in [1.807, 2.05) is 19.1 Å². The third kappa shape index (κ3) is 7.57. The molecule has 6 nitrogen and oxygen atoms in total. The van der Waals surface area contributed by atoms with Gasteiger partial charge in [0.1, 0.15) is 0 Å². The summed E-state index contributed by atoms with van der Waals surface area (Å²) >= 11 is 0. The molecule has 8 heteroatoms. The van der Waals surface area contributed by atoms with Gasteiger partial charge in [0, 0.05) is 26.2 Å². The second-order valence-corrected chi connectivity index (χ2v) is 9.02. The average molecular weight is 508 g/mol. The van der Waals surface area contributed by atoms with Crippen molar-refractivity contribution in [3.8, 4) is 0 Å². The van der Waals surface area contributed by atoms with Crippen LogP contribution in [-0.2, 0) is 16.6 Å². The van der Waals surface area contributed by atoms with Gasteiger partial charge in [0.2, 0.25) is 10.0 Å². The summed E-state index contributed by atoms with van der Waals surface area (Å²) in [7, 11) is -3.36. The van der Waals surface area contributed by atoms with Crippen molar-refractivity contribution in [2.24, 2.45) is 10.9 Å². The van der Waals surface area contributed by atoms with Gasteiger partial charge >= 0.3 is 0 Å². The summed E-state index contributed by atoms with van der Waals surface area (Å²) in [6.07, 6.45) is 3.01. The SMILES string of the molecule is CCNC(=NCc1ccc(S(=O)(=O)N2CCCCC2)cc1)NCC(C)C.I. The smallest absolute Gasteiger partial charge is 0.243 e. The maximum atomic E-state index is 12.7. The highest BCUT2D eigenvalue weighted by Crippen LogP contribution is 2.21. The van der Waals surface area contributed by atoms with Gasteiger partial charge in [-0.05, 0) is 43.4 Å². The number of nitrogens with zero attached hydrogens (tertiary/aromatic N) is 2. The maximum absolute atomic E-state index is 12.7. The molecule has 0 aromatic heterocycles. The zero-order valence-corrected chi connectivity index (χ0v) is 19.7. The van der Waals surface area contributed by atoms with Gasteiger partial charge in [-0.3, -0.25) is 0 Å². The van der Waals surface area contributed by atoms with E-state index in [9.17, 15) is 8.42 Å². The summed E-state index contributed by atoms with van der Waals surface area (Å²) in [6.45, 7) is 9.76. The van der Waals surface area contributed by atoms with Gasteiger partial charge in [-0.1, -0.05) is 32.4 Å². The Bertz CT molecular complexity index is 684. The van der Waals surface area contributed by atoms with Crippen LogP contribution in [-0.4, -0.2) is 44.9 Å². The van der Waals surface area contributed by atoms with Crippen LogP contribution in [0.3, 0.4) is 0 Å². The molecule has 27 heavy (non-hydrogen) atoms. The summed E-state index contributed by atoms with van der Waals surface area (Å²) in [5.74, 6) is 1.32. The normalized spacial score (nSPS) is 16.1. The standard InChI is InChI=1S/C19H32N4O2S.HI/c1-4-20-19(21-14-16(2)3)22-15-17-8-10-18(11-9-17)26(24,25)23-12-6-5-7-13-23;/h8-11,16H,4-7,12-15H2,1-3H3,(H2,20,21,22);1H. The van der Waals surface area contributed by atoms with Crippen molar-refractivity contribution in [3.05, 3.63) is 29.8 Å². The first kappa shape index (κ1) is 24.2. The van der Waals surface area contributed by atoms with Crippen LogP contribution >= 0.6 is 24.0 Å². The first-order valence-corrected chi connectivity index (χ1v) is 11.0. The largest absolute Gasteiger partial charge is 0.357 e. The molecule has 1 aliphatic rings. The topological polar surface area (TPSA) is 73.8 Å². The summed E-state index contributed by atoms with van der Waals surface area (Å²) in [5.41, 5.74) is 0.990. The van der Waals surface area contributed by atoms with Crippen LogP contribution in [0.4, 0.5) is 0 Å². The van der Waals surface area contributed by atoms with E-state index in [0.717, 1.165) is 43.9 Å². The Morgan fingerprint density at radius 3 is 2.30 bits per heavy atom. The first-order valence-electron chi connectivity index (χ1n) is 9.54. The molecule has 1 aromatic rings. The minimum absolute atomic E-state index is 0. The summed E-state index contributed by atoms with van der Waals surface area (Å²) in [5, 5.41) is 6.53. The minimum atomic E-state index is -3.36. The molecule has 0 saturated carbocycles. The zero-order valence-electron chi connectivity index (χ0n) is 16.6. The van der Waals surface area contributed by atoms with E-state index in [0.29, 0.717) is 30.4 Å². The Kier molecular flexibility index (Phi) is 10.6. The van der Waals surface area contributed by atoms with Crippen molar-refractivity contribution in [3.63, 3.8) is 0 Å². The van der Waals surface area contributed by atoms with Gasteiger partial charge in [0.25, 0.3) is 0 Å². The second-order valence-electron chi connectivity index (χ2n) is 7.08. The molecule has 2 N–H and O–H groups in total. The lowest BCUT2D eigenvalue weighted by molar-refractivity contribution is 0.346. The fraction of sp³-hybridized carbons (Fsp3) is 0.632. The third-order valence-electron chi connectivity index (χ3n) is 4.32. The van der Waals surface area contributed by atoms with E-state index in [1.54, 1.807) is 16.4 Å². The summed E-state index contributed by atoms with van der Waals surface area (Å²) < 4.78 is 27.0. The molecular weight excluding hydrogens is 475 g/mol. The van der Waals surface area contributed by atoms with Crippen LogP contribution in [0.5, 0.6) is 0 Å². The van der Waals surface area contributed by atoms with Gasteiger partial charge in [-0.25, -0.2) is 13.4 Å². The number of benzene rings is 1. The molecule has 0 unspecified atom stereocenters. The number of sulfonamides is 1. The van der Waals surface area contributed by atoms with E-state index >= 15 is 0 Å². The molecule has 0 amide bonds. The predicted molar refractivity (Wildman–Crippen MR) is 122 cm³/mol. The summed E-state index contributed by atoms with van der Waals surface area (Å²) in [6, 6.07) is 7.10. The number of guanidine groups is 1. The Morgan fingerprint density at radius 2 is 1.74 bits per heavy atom. The lowest BCUT2D eigenvalue weighted by Gasteiger charge is -2.25. The van der Waals surface area contributed by atoms with E-state index in [-0.39, 0.29) is 24.0 Å². The zero-order chi connectivity index (χ0) is 19.0. The van der Waals surface area contributed by atoms with Crippen molar-refractivity contribution in [2.45, 2.75) is 51.5 Å². The molecule has 1 heterocycles. The Morgan fingerprint density at radius 1 is 1.11 bits per heavy atom. The van der Waals surface area contributed by atoms with Gasteiger partial charge in [0.05, 0.1) is 11.4 Å². The molecule has 1 aromatic carbocycles. The fourth-order valence-corrected chi connectivity index (χ4v) is 4.35. The second kappa shape index (κ2) is 11.9. The number of hydrogen-bond acceptors (Lipinski definition) is 3. The number of nitrogens with one attached hydrogen (secondary N) is 2. The quantitative estimate of drug-likeness (QED) is 0.337. The van der Waals surface area contributed by atoms with Gasteiger partial charge < -0.3 is 10.6 Å². The Balaban J connectivity index is 0.00000364. The molecule has 0 atom stereocenters. The average Bonchev–Trinajstić information content (AvgIpc) is 2.65.